The van der Waals surface area contributed by atoms with Gasteiger partial charge in [0.1, 0.15) is 11.4 Å². The average Bonchev–Trinajstić information content (AvgIpc) is 2.33. The molecule has 21 heavy (non-hydrogen) atoms. The SMILES string of the molecule is CC(C)(C)OC(=O)NC(C(=O)O)c1ccc(C#N)cc1F. The lowest BCUT2D eigenvalue weighted by Gasteiger charge is -2.22. The van der Waals surface area contributed by atoms with Crippen LogP contribution in [0.4, 0.5) is 9.18 Å². The van der Waals surface area contributed by atoms with Crippen molar-refractivity contribution in [2.45, 2.75) is 32.4 Å². The van der Waals surface area contributed by atoms with Gasteiger partial charge in [-0.05, 0) is 32.9 Å². The number of nitriles is 1. The largest absolute Gasteiger partial charge is 0.479 e. The maximum absolute atomic E-state index is 13.8. The minimum Gasteiger partial charge on any atom is -0.479 e. The van der Waals surface area contributed by atoms with Crippen LogP contribution in [0.25, 0.3) is 0 Å². The molecule has 1 atom stereocenters. The average molecular weight is 294 g/mol. The Morgan fingerprint density at radius 2 is 2.05 bits per heavy atom. The number of carboxylic acids is 1. The molecule has 0 saturated heterocycles. The summed E-state index contributed by atoms with van der Waals surface area (Å²) in [6, 6.07) is 3.45. The van der Waals surface area contributed by atoms with Gasteiger partial charge in [0.15, 0.2) is 6.04 Å². The standard InChI is InChI=1S/C14H15FN2O4/c1-14(2,3)21-13(20)17-11(12(18)19)9-5-4-8(7-16)6-10(9)15/h4-6,11H,1-3H3,(H,17,20)(H,18,19). The minimum absolute atomic E-state index is 0.0534. The highest BCUT2D eigenvalue weighted by Crippen LogP contribution is 2.19. The number of benzene rings is 1. The Kier molecular flexibility index (Phi) is 4.87. The van der Waals surface area contributed by atoms with Crippen LogP contribution >= 0.6 is 0 Å². The van der Waals surface area contributed by atoms with Gasteiger partial charge in [-0.1, -0.05) is 6.07 Å². The van der Waals surface area contributed by atoms with E-state index in [0.717, 1.165) is 12.1 Å². The third kappa shape index (κ3) is 4.76. The number of carbonyl (C=O) groups excluding carboxylic acids is 1. The van der Waals surface area contributed by atoms with Gasteiger partial charge in [0.25, 0.3) is 0 Å². The molecule has 0 fully saturated rings. The summed E-state index contributed by atoms with van der Waals surface area (Å²) in [6.07, 6.45) is -0.973. The third-order valence-corrected chi connectivity index (χ3v) is 2.35. The molecule has 7 heteroatoms. The first-order chi connectivity index (χ1) is 9.64. The summed E-state index contributed by atoms with van der Waals surface area (Å²) in [4.78, 5) is 22.8. The Bertz CT molecular complexity index is 602. The molecule has 1 aromatic carbocycles. The number of hydrogen-bond acceptors (Lipinski definition) is 4. The first-order valence-electron chi connectivity index (χ1n) is 6.06. The lowest BCUT2D eigenvalue weighted by molar-refractivity contribution is -0.139. The van der Waals surface area contributed by atoms with E-state index in [9.17, 15) is 14.0 Å². The molecular weight excluding hydrogens is 279 g/mol. The molecule has 0 saturated carbocycles. The highest BCUT2D eigenvalue weighted by atomic mass is 19.1. The van der Waals surface area contributed by atoms with Gasteiger partial charge < -0.3 is 15.2 Å². The number of nitrogens with one attached hydrogen (secondary N) is 1. The molecule has 6 nitrogen and oxygen atoms in total. The monoisotopic (exact) mass is 294 g/mol. The van der Waals surface area contributed by atoms with Crippen molar-refractivity contribution in [3.8, 4) is 6.07 Å². The predicted octanol–water partition coefficient (Wildman–Crippen LogP) is 2.35. The molecule has 0 bridgehead atoms. The zero-order valence-corrected chi connectivity index (χ0v) is 11.8. The highest BCUT2D eigenvalue weighted by Gasteiger charge is 2.27. The van der Waals surface area contributed by atoms with E-state index < -0.39 is 29.5 Å². The number of aliphatic carboxylic acids is 1. The van der Waals surface area contributed by atoms with Crippen LogP contribution in [0.2, 0.25) is 0 Å². The number of halogens is 1. The quantitative estimate of drug-likeness (QED) is 0.891. The maximum atomic E-state index is 13.8. The van der Waals surface area contributed by atoms with Crippen LogP contribution in [0.15, 0.2) is 18.2 Å². The van der Waals surface area contributed by atoms with Crippen molar-refractivity contribution in [2.75, 3.05) is 0 Å². The fourth-order valence-electron chi connectivity index (χ4n) is 1.53. The second kappa shape index (κ2) is 6.22. The summed E-state index contributed by atoms with van der Waals surface area (Å²) in [6.45, 7) is 4.85. The van der Waals surface area contributed by atoms with Gasteiger partial charge in [-0.3, -0.25) is 0 Å². The van der Waals surface area contributed by atoms with Gasteiger partial charge in [-0.25, -0.2) is 14.0 Å². The van der Waals surface area contributed by atoms with E-state index in [0.29, 0.717) is 0 Å². The minimum atomic E-state index is -1.60. The molecule has 0 heterocycles. The molecule has 1 unspecified atom stereocenters. The summed E-state index contributed by atoms with van der Waals surface area (Å²) < 4.78 is 18.8. The molecule has 1 rings (SSSR count). The molecule has 0 radical (unpaired) electrons. The molecular formula is C14H15FN2O4. The number of carboxylic acid groups (broad SMARTS) is 1. The molecule has 1 amide bonds. The Balaban J connectivity index is 3.01. The summed E-state index contributed by atoms with van der Waals surface area (Å²) in [7, 11) is 0. The molecule has 0 aliphatic carbocycles. The van der Waals surface area contributed by atoms with E-state index in [1.54, 1.807) is 26.8 Å². The van der Waals surface area contributed by atoms with E-state index in [1.165, 1.54) is 6.07 Å². The van der Waals surface area contributed by atoms with Gasteiger partial charge in [0.2, 0.25) is 0 Å². The van der Waals surface area contributed by atoms with Crippen LogP contribution < -0.4 is 5.32 Å². The number of rotatable bonds is 3. The van der Waals surface area contributed by atoms with Gasteiger partial charge in [0, 0.05) is 5.56 Å². The predicted molar refractivity (Wildman–Crippen MR) is 70.9 cm³/mol. The second-order valence-corrected chi connectivity index (χ2v) is 5.27. The van der Waals surface area contributed by atoms with E-state index in [2.05, 4.69) is 5.32 Å². The first-order valence-corrected chi connectivity index (χ1v) is 6.06. The first kappa shape index (κ1) is 16.4. The number of alkyl carbamates (subject to hydrolysis) is 1. The summed E-state index contributed by atoms with van der Waals surface area (Å²) in [5.74, 6) is -2.33. The molecule has 112 valence electrons. The van der Waals surface area contributed by atoms with Crippen LogP contribution in [-0.4, -0.2) is 22.8 Å². The zero-order chi connectivity index (χ0) is 16.2. The Hall–Kier alpha value is -2.62. The van der Waals surface area contributed by atoms with Crippen LogP contribution in [0.3, 0.4) is 0 Å². The normalized spacial score (nSPS) is 12.1. The molecule has 0 spiro atoms. The highest BCUT2D eigenvalue weighted by molar-refractivity contribution is 5.81. The molecule has 2 N–H and O–H groups in total. The van der Waals surface area contributed by atoms with Crippen molar-refractivity contribution in [1.29, 1.82) is 5.26 Å². The molecule has 0 aliphatic rings. The third-order valence-electron chi connectivity index (χ3n) is 2.35. The molecule has 0 aromatic heterocycles. The van der Waals surface area contributed by atoms with E-state index in [4.69, 9.17) is 15.1 Å². The van der Waals surface area contributed by atoms with Crippen molar-refractivity contribution in [2.24, 2.45) is 0 Å². The molecule has 0 aliphatic heterocycles. The maximum Gasteiger partial charge on any atom is 0.408 e. The zero-order valence-electron chi connectivity index (χ0n) is 11.8. The van der Waals surface area contributed by atoms with Crippen LogP contribution in [0, 0.1) is 17.1 Å². The van der Waals surface area contributed by atoms with Gasteiger partial charge in [-0.2, -0.15) is 5.26 Å². The topological polar surface area (TPSA) is 99.4 Å². The molecule has 1 aromatic rings. The number of ether oxygens (including phenoxy) is 1. The number of hydrogen-bond donors (Lipinski definition) is 2. The van der Waals surface area contributed by atoms with Crippen molar-refractivity contribution >= 4 is 12.1 Å². The smallest absolute Gasteiger partial charge is 0.408 e. The van der Waals surface area contributed by atoms with Crippen molar-refractivity contribution < 1.29 is 23.8 Å². The Morgan fingerprint density at radius 3 is 2.48 bits per heavy atom. The van der Waals surface area contributed by atoms with E-state index in [1.807, 2.05) is 0 Å². The lowest BCUT2D eigenvalue weighted by Crippen LogP contribution is -2.38. The summed E-state index contributed by atoms with van der Waals surface area (Å²) in [5.41, 5.74) is -1.01. The number of amides is 1. The number of carbonyl (C=O) groups is 2. The summed E-state index contributed by atoms with van der Waals surface area (Å²) in [5, 5.41) is 19.9. The van der Waals surface area contributed by atoms with Crippen LogP contribution in [0.5, 0.6) is 0 Å². The van der Waals surface area contributed by atoms with Crippen molar-refractivity contribution in [3.63, 3.8) is 0 Å². The van der Waals surface area contributed by atoms with Crippen LogP contribution in [-0.2, 0) is 9.53 Å². The fraction of sp³-hybridized carbons (Fsp3) is 0.357. The van der Waals surface area contributed by atoms with Gasteiger partial charge in [0.05, 0.1) is 11.6 Å². The Labute approximate surface area is 121 Å². The fourth-order valence-corrected chi connectivity index (χ4v) is 1.53. The van der Waals surface area contributed by atoms with Crippen molar-refractivity contribution in [3.05, 3.63) is 35.1 Å². The van der Waals surface area contributed by atoms with Gasteiger partial charge >= 0.3 is 12.1 Å². The Morgan fingerprint density at radius 1 is 1.43 bits per heavy atom. The lowest BCUT2D eigenvalue weighted by atomic mass is 10.0. The van der Waals surface area contributed by atoms with E-state index >= 15 is 0 Å². The van der Waals surface area contributed by atoms with Crippen LogP contribution in [0.1, 0.15) is 37.9 Å². The summed E-state index contributed by atoms with van der Waals surface area (Å²) >= 11 is 0. The van der Waals surface area contributed by atoms with Gasteiger partial charge in [-0.15, -0.1) is 0 Å². The van der Waals surface area contributed by atoms with Crippen molar-refractivity contribution in [1.82, 2.24) is 5.32 Å². The second-order valence-electron chi connectivity index (χ2n) is 5.27. The number of nitrogens with zero attached hydrogens (tertiary/aromatic N) is 1. The van der Waals surface area contributed by atoms with E-state index in [-0.39, 0.29) is 11.1 Å².